The van der Waals surface area contributed by atoms with Crippen LogP contribution < -0.4 is 0 Å². The summed E-state index contributed by atoms with van der Waals surface area (Å²) in [6, 6.07) is 0. The molecule has 1 aliphatic heterocycles. The predicted octanol–water partition coefficient (Wildman–Crippen LogP) is 5.13. The first kappa shape index (κ1) is 33.6. The molecule has 3 saturated carbocycles. The molecule has 1 saturated heterocycles. The zero-order chi connectivity index (χ0) is 31.6. The van der Waals surface area contributed by atoms with E-state index in [1.165, 1.54) is 18.4 Å². The Hall–Kier alpha value is -0.800. The first-order valence-electron chi connectivity index (χ1n) is 17.2. The van der Waals surface area contributed by atoms with Gasteiger partial charge in [-0.15, -0.1) is 0 Å². The van der Waals surface area contributed by atoms with Gasteiger partial charge in [0.2, 0.25) is 0 Å². The van der Waals surface area contributed by atoms with Gasteiger partial charge in [0.25, 0.3) is 0 Å². The average Bonchev–Trinajstić information content (AvgIpc) is 3.12. The van der Waals surface area contributed by atoms with Crippen molar-refractivity contribution in [2.75, 3.05) is 0 Å². The van der Waals surface area contributed by atoms with E-state index in [1.54, 1.807) is 6.92 Å². The summed E-state index contributed by atoms with van der Waals surface area (Å²) in [5.41, 5.74) is 1.88. The Morgan fingerprint density at radius 2 is 1.70 bits per heavy atom. The highest BCUT2D eigenvalue weighted by molar-refractivity contribution is 5.27. The third-order valence-corrected chi connectivity index (χ3v) is 13.7. The number of fused-ring (bicyclic) bond motifs is 4. The highest BCUT2D eigenvalue weighted by atomic mass is 16.7. The van der Waals surface area contributed by atoms with E-state index in [-0.39, 0.29) is 34.7 Å². The monoisotopic (exact) mass is 604 g/mol. The lowest BCUT2D eigenvalue weighted by molar-refractivity contribution is -0.314. The van der Waals surface area contributed by atoms with E-state index in [9.17, 15) is 25.5 Å². The molecule has 0 bridgehead atoms. The summed E-state index contributed by atoms with van der Waals surface area (Å²) in [6.45, 7) is 19.6. The molecule has 0 amide bonds. The van der Waals surface area contributed by atoms with Gasteiger partial charge in [0.05, 0.1) is 23.9 Å². The maximum Gasteiger partial charge on any atom is 0.186 e. The molecule has 5 aliphatic rings. The van der Waals surface area contributed by atoms with E-state index in [1.807, 2.05) is 0 Å². The van der Waals surface area contributed by atoms with Crippen molar-refractivity contribution in [2.24, 2.45) is 46.3 Å². The van der Waals surface area contributed by atoms with Crippen LogP contribution in [-0.4, -0.2) is 74.0 Å². The van der Waals surface area contributed by atoms with Gasteiger partial charge in [-0.1, -0.05) is 59.8 Å². The van der Waals surface area contributed by atoms with Gasteiger partial charge in [-0.2, -0.15) is 0 Å². The van der Waals surface area contributed by atoms with Crippen molar-refractivity contribution in [3.05, 3.63) is 23.8 Å². The summed E-state index contributed by atoms with van der Waals surface area (Å²) in [5.74, 6) is 1.77. The van der Waals surface area contributed by atoms with Crippen LogP contribution >= 0.6 is 0 Å². The smallest absolute Gasteiger partial charge is 0.186 e. The van der Waals surface area contributed by atoms with E-state index >= 15 is 0 Å². The fourth-order valence-electron chi connectivity index (χ4n) is 10.5. The van der Waals surface area contributed by atoms with Crippen molar-refractivity contribution in [1.29, 1.82) is 0 Å². The fourth-order valence-corrected chi connectivity index (χ4v) is 10.5. The highest BCUT2D eigenvalue weighted by Crippen LogP contribution is 2.69. The van der Waals surface area contributed by atoms with Gasteiger partial charge in [-0.25, -0.2) is 0 Å². The van der Waals surface area contributed by atoms with Crippen molar-refractivity contribution in [1.82, 2.24) is 0 Å². The van der Waals surface area contributed by atoms with Crippen LogP contribution in [-0.2, 0) is 9.47 Å². The lowest BCUT2D eigenvalue weighted by Gasteiger charge is -2.54. The molecule has 5 rings (SSSR count). The molecule has 15 atom stereocenters. The SMILES string of the molecule is C=C(C(C)C)[C@H](O)C[C@@H](C)[C@H]1CC[C@@]2(C)[C@@H]3CC[C@H]4[C@H](C)[C@@H](O[C@@H]5O[C@@H](C)[C@H](O)[C@@H](O)[C@H]5O)CC[C@]4(O)CC3=CC[C@]12C. The molecule has 5 N–H and O–H groups in total. The van der Waals surface area contributed by atoms with Gasteiger partial charge < -0.3 is 35.0 Å². The molecular weight excluding hydrogens is 544 g/mol. The van der Waals surface area contributed by atoms with Crippen LogP contribution in [0.3, 0.4) is 0 Å². The Balaban J connectivity index is 1.31. The topological polar surface area (TPSA) is 120 Å². The summed E-state index contributed by atoms with van der Waals surface area (Å²) >= 11 is 0. The van der Waals surface area contributed by atoms with Crippen molar-refractivity contribution in [3.63, 3.8) is 0 Å². The maximum absolute atomic E-state index is 12.2. The second-order valence-corrected chi connectivity index (χ2v) is 16.2. The normalized spacial score (nSPS) is 49.7. The highest BCUT2D eigenvalue weighted by Gasteiger charge is 2.62. The van der Waals surface area contributed by atoms with Crippen LogP contribution in [0.15, 0.2) is 23.8 Å². The summed E-state index contributed by atoms with van der Waals surface area (Å²) < 4.78 is 12.1. The van der Waals surface area contributed by atoms with Crippen LogP contribution in [0.5, 0.6) is 0 Å². The lowest BCUT2D eigenvalue weighted by atomic mass is 9.51. The van der Waals surface area contributed by atoms with Gasteiger partial charge in [-0.3, -0.25) is 0 Å². The van der Waals surface area contributed by atoms with Crippen molar-refractivity contribution >= 4 is 0 Å². The van der Waals surface area contributed by atoms with Crippen LogP contribution in [0, 0.1) is 46.3 Å². The minimum absolute atomic E-state index is 0.0562. The number of rotatable bonds is 7. The molecule has 7 nitrogen and oxygen atoms in total. The Bertz CT molecular complexity index is 1060. The molecule has 43 heavy (non-hydrogen) atoms. The lowest BCUT2D eigenvalue weighted by Crippen LogP contribution is -2.59. The van der Waals surface area contributed by atoms with Gasteiger partial charge in [0, 0.05) is 0 Å². The number of aliphatic hydroxyl groups is 5. The van der Waals surface area contributed by atoms with E-state index in [4.69, 9.17) is 9.47 Å². The number of hydrogen-bond donors (Lipinski definition) is 5. The Kier molecular flexibility index (Phi) is 9.44. The molecular formula is C36H60O7. The van der Waals surface area contributed by atoms with E-state index in [2.05, 4.69) is 54.2 Å². The van der Waals surface area contributed by atoms with Gasteiger partial charge in [0.15, 0.2) is 6.29 Å². The van der Waals surface area contributed by atoms with Gasteiger partial charge in [-0.05, 0) is 117 Å². The largest absolute Gasteiger partial charge is 0.389 e. The van der Waals surface area contributed by atoms with Crippen molar-refractivity contribution in [2.45, 2.75) is 155 Å². The number of allylic oxidation sites excluding steroid dienone is 1. The molecule has 246 valence electrons. The fraction of sp³-hybridized carbons (Fsp3) is 0.889. The third kappa shape index (κ3) is 5.61. The maximum atomic E-state index is 12.2. The Morgan fingerprint density at radius 1 is 1.00 bits per heavy atom. The number of hydrogen-bond acceptors (Lipinski definition) is 7. The minimum Gasteiger partial charge on any atom is -0.389 e. The van der Waals surface area contributed by atoms with Crippen LogP contribution in [0.2, 0.25) is 0 Å². The summed E-state index contributed by atoms with van der Waals surface area (Å²) in [5, 5.41) is 54.1. The molecule has 0 spiro atoms. The molecule has 0 radical (unpaired) electrons. The van der Waals surface area contributed by atoms with E-state index < -0.39 is 42.4 Å². The second-order valence-electron chi connectivity index (χ2n) is 16.2. The number of ether oxygens (including phenoxy) is 2. The van der Waals surface area contributed by atoms with E-state index in [0.29, 0.717) is 37.0 Å². The van der Waals surface area contributed by atoms with Crippen molar-refractivity contribution in [3.8, 4) is 0 Å². The van der Waals surface area contributed by atoms with Gasteiger partial charge >= 0.3 is 0 Å². The third-order valence-electron chi connectivity index (χ3n) is 13.7. The summed E-state index contributed by atoms with van der Waals surface area (Å²) in [4.78, 5) is 0. The summed E-state index contributed by atoms with van der Waals surface area (Å²) in [6.07, 6.45) is 4.49. The van der Waals surface area contributed by atoms with E-state index in [0.717, 1.165) is 31.3 Å². The first-order valence-corrected chi connectivity index (χ1v) is 17.2. The predicted molar refractivity (Wildman–Crippen MR) is 167 cm³/mol. The minimum atomic E-state index is -1.32. The molecule has 1 heterocycles. The van der Waals surface area contributed by atoms with Crippen molar-refractivity contribution < 1.29 is 35.0 Å². The Morgan fingerprint density at radius 3 is 2.37 bits per heavy atom. The average molecular weight is 605 g/mol. The van der Waals surface area contributed by atoms with Crippen LogP contribution in [0.25, 0.3) is 0 Å². The molecule has 0 unspecified atom stereocenters. The molecule has 0 aromatic rings. The first-order chi connectivity index (χ1) is 20.0. The zero-order valence-corrected chi connectivity index (χ0v) is 27.7. The Labute approximate surface area is 259 Å². The quantitative estimate of drug-likeness (QED) is 0.256. The summed E-state index contributed by atoms with van der Waals surface area (Å²) in [7, 11) is 0. The van der Waals surface area contributed by atoms with Crippen LogP contribution in [0.1, 0.15) is 106 Å². The second kappa shape index (κ2) is 12.1. The molecule has 0 aromatic heterocycles. The van der Waals surface area contributed by atoms with Crippen LogP contribution in [0.4, 0.5) is 0 Å². The number of aliphatic hydroxyl groups excluding tert-OH is 4. The standard InChI is InChI=1S/C36H60O7/c1-19(2)21(4)28(37)17-20(3)25-12-15-35(8)27-10-9-26-22(5)29(43-33-32(40)31(39)30(38)23(6)42-33)13-16-36(26,41)18-24(27)11-14-34(25,35)7/h11,19-20,22-23,25-33,37-41H,4,9-10,12-18H2,1-3,5-8H3/t20-,22+,23+,25-,26+,27-,28-,29+,30+,31-,32-,33+,34-,35+,36+/m1/s1. The molecule has 7 heteroatoms. The molecule has 4 aliphatic carbocycles. The molecule has 0 aromatic carbocycles. The van der Waals surface area contributed by atoms with Gasteiger partial charge in [0.1, 0.15) is 18.3 Å². The molecule has 4 fully saturated rings. The zero-order valence-electron chi connectivity index (χ0n) is 27.7.